The number of benzene rings is 3. The SMILES string of the molecule is CCOC(=O)C1=C(c2ccccc2)N=c2s/c(=C/c3cc(Br)c(Sc4ccccc4)o3)c(=O)n2[C@@H]1c1ccc(C(C)C)cc1. The van der Waals surface area contributed by atoms with Gasteiger partial charge in [0.2, 0.25) is 0 Å². The van der Waals surface area contributed by atoms with E-state index in [1.54, 1.807) is 17.6 Å². The van der Waals surface area contributed by atoms with E-state index in [-0.39, 0.29) is 12.2 Å². The van der Waals surface area contributed by atoms with E-state index in [4.69, 9.17) is 14.1 Å². The lowest BCUT2D eigenvalue weighted by Crippen LogP contribution is -2.40. The molecule has 9 heteroatoms. The zero-order chi connectivity index (χ0) is 30.8. The summed E-state index contributed by atoms with van der Waals surface area (Å²) in [5, 5.41) is 0.689. The number of fused-ring (bicyclic) bond motifs is 1. The third-order valence-electron chi connectivity index (χ3n) is 7.19. The monoisotopic (exact) mass is 684 g/mol. The van der Waals surface area contributed by atoms with Gasteiger partial charge in [-0.2, -0.15) is 0 Å². The summed E-state index contributed by atoms with van der Waals surface area (Å²) >= 11 is 6.36. The lowest BCUT2D eigenvalue weighted by atomic mass is 9.91. The molecule has 0 spiro atoms. The first kappa shape index (κ1) is 30.1. The highest BCUT2D eigenvalue weighted by Crippen LogP contribution is 2.37. The number of rotatable bonds is 8. The van der Waals surface area contributed by atoms with Gasteiger partial charge in [-0.05, 0) is 58.1 Å². The van der Waals surface area contributed by atoms with E-state index in [9.17, 15) is 9.59 Å². The number of halogens is 1. The van der Waals surface area contributed by atoms with Crippen LogP contribution < -0.4 is 14.9 Å². The summed E-state index contributed by atoms with van der Waals surface area (Å²) in [6, 6.07) is 28.7. The molecule has 0 amide bonds. The summed E-state index contributed by atoms with van der Waals surface area (Å²) < 4.78 is 14.6. The standard InChI is InChI=1S/C35H29BrN2O4S2/c1-4-41-33(40)29-30(23-11-7-5-8-12-23)37-35-38(31(29)24-17-15-22(16-18-24)21(2)3)32(39)28(44-35)20-25-19-27(36)34(42-25)43-26-13-9-6-10-14-26/h5-21,31H,4H2,1-3H3/b28-20+/t31-/m1/s1. The van der Waals surface area contributed by atoms with Gasteiger partial charge in [0.05, 0.1) is 32.9 Å². The average Bonchev–Trinajstić information content (AvgIpc) is 3.54. The molecule has 1 atom stereocenters. The molecule has 0 N–H and O–H groups in total. The molecule has 0 unspecified atom stereocenters. The Balaban J connectivity index is 1.54. The maximum atomic E-state index is 14.2. The summed E-state index contributed by atoms with van der Waals surface area (Å²) in [7, 11) is 0. The van der Waals surface area contributed by atoms with Gasteiger partial charge in [-0.15, -0.1) is 0 Å². The molecule has 3 heterocycles. The minimum Gasteiger partial charge on any atom is -0.463 e. The second kappa shape index (κ2) is 13.0. The number of furan rings is 1. The number of aromatic nitrogens is 1. The van der Waals surface area contributed by atoms with Crippen LogP contribution in [0.4, 0.5) is 0 Å². The van der Waals surface area contributed by atoms with Crippen LogP contribution in [0, 0.1) is 0 Å². The normalized spacial score (nSPS) is 14.9. The van der Waals surface area contributed by atoms with Gasteiger partial charge in [0.1, 0.15) is 5.76 Å². The van der Waals surface area contributed by atoms with Crippen molar-refractivity contribution in [1.29, 1.82) is 0 Å². The van der Waals surface area contributed by atoms with Crippen LogP contribution in [0.1, 0.15) is 55.2 Å². The van der Waals surface area contributed by atoms with Gasteiger partial charge in [-0.3, -0.25) is 9.36 Å². The van der Waals surface area contributed by atoms with Crippen LogP contribution in [0.25, 0.3) is 11.8 Å². The zero-order valence-corrected chi connectivity index (χ0v) is 27.5. The fourth-order valence-corrected chi connectivity index (χ4v) is 7.39. The van der Waals surface area contributed by atoms with Crippen molar-refractivity contribution in [3.8, 4) is 0 Å². The van der Waals surface area contributed by atoms with E-state index in [0.29, 0.717) is 37.4 Å². The Morgan fingerprint density at radius 3 is 2.41 bits per heavy atom. The fourth-order valence-electron chi connectivity index (χ4n) is 5.05. The molecule has 1 aliphatic heterocycles. The molecule has 1 aliphatic rings. The summed E-state index contributed by atoms with van der Waals surface area (Å²) in [5.41, 5.74) is 3.31. The van der Waals surface area contributed by atoms with Gasteiger partial charge >= 0.3 is 5.97 Å². The van der Waals surface area contributed by atoms with E-state index >= 15 is 0 Å². The minimum atomic E-state index is -0.726. The van der Waals surface area contributed by atoms with Crippen molar-refractivity contribution in [3.63, 3.8) is 0 Å². The van der Waals surface area contributed by atoms with Crippen LogP contribution in [0.3, 0.4) is 0 Å². The predicted octanol–water partition coefficient (Wildman–Crippen LogP) is 7.57. The minimum absolute atomic E-state index is 0.199. The average molecular weight is 686 g/mol. The van der Waals surface area contributed by atoms with Gasteiger partial charge in [-0.1, -0.05) is 110 Å². The van der Waals surface area contributed by atoms with E-state index in [1.165, 1.54) is 28.7 Å². The Morgan fingerprint density at radius 2 is 1.75 bits per heavy atom. The summed E-state index contributed by atoms with van der Waals surface area (Å²) in [6.45, 7) is 6.23. The molecule has 0 aliphatic carbocycles. The molecule has 2 aromatic heterocycles. The Kier molecular flexibility index (Phi) is 8.88. The molecule has 6 nitrogen and oxygen atoms in total. The Morgan fingerprint density at radius 1 is 1.07 bits per heavy atom. The highest BCUT2D eigenvalue weighted by atomic mass is 79.9. The first-order valence-electron chi connectivity index (χ1n) is 14.2. The third-order valence-corrected chi connectivity index (χ3v) is 10.0. The topological polar surface area (TPSA) is 73.8 Å². The summed E-state index contributed by atoms with van der Waals surface area (Å²) in [6.07, 6.45) is 1.73. The highest BCUT2D eigenvalue weighted by Gasteiger charge is 2.35. The van der Waals surface area contributed by atoms with Crippen molar-refractivity contribution in [2.24, 2.45) is 4.99 Å². The van der Waals surface area contributed by atoms with Crippen molar-refractivity contribution in [2.75, 3.05) is 6.61 Å². The van der Waals surface area contributed by atoms with Crippen LogP contribution >= 0.6 is 39.0 Å². The number of esters is 1. The molecule has 5 aromatic rings. The maximum Gasteiger partial charge on any atom is 0.338 e. The van der Waals surface area contributed by atoms with Crippen molar-refractivity contribution in [3.05, 3.63) is 143 Å². The number of carbonyl (C=O) groups is 1. The summed E-state index contributed by atoms with van der Waals surface area (Å²) in [4.78, 5) is 34.3. The maximum absolute atomic E-state index is 14.2. The summed E-state index contributed by atoms with van der Waals surface area (Å²) in [5.74, 6) is 0.370. The molecule has 3 aromatic carbocycles. The molecule has 0 radical (unpaired) electrons. The Bertz CT molecular complexity index is 2030. The molecule has 44 heavy (non-hydrogen) atoms. The Labute approximate surface area is 271 Å². The lowest BCUT2D eigenvalue weighted by molar-refractivity contribution is -0.138. The van der Waals surface area contributed by atoms with E-state index in [2.05, 4.69) is 29.8 Å². The fraction of sp³-hybridized carbons (Fsp3) is 0.171. The van der Waals surface area contributed by atoms with Crippen molar-refractivity contribution in [1.82, 2.24) is 4.57 Å². The Hall–Kier alpha value is -3.92. The molecular formula is C35H29BrN2O4S2. The van der Waals surface area contributed by atoms with Gasteiger partial charge < -0.3 is 9.15 Å². The smallest absolute Gasteiger partial charge is 0.338 e. The highest BCUT2D eigenvalue weighted by molar-refractivity contribution is 9.10. The van der Waals surface area contributed by atoms with Crippen LogP contribution in [0.15, 0.2) is 125 Å². The van der Waals surface area contributed by atoms with Gasteiger partial charge in [-0.25, -0.2) is 9.79 Å². The van der Waals surface area contributed by atoms with Crippen LogP contribution in [-0.2, 0) is 9.53 Å². The molecule has 0 bridgehead atoms. The molecule has 0 saturated heterocycles. The molecular weight excluding hydrogens is 656 g/mol. The van der Waals surface area contributed by atoms with Gasteiger partial charge in [0.25, 0.3) is 5.56 Å². The van der Waals surface area contributed by atoms with Gasteiger partial charge in [0.15, 0.2) is 9.89 Å². The van der Waals surface area contributed by atoms with E-state index in [0.717, 1.165) is 20.5 Å². The first-order chi connectivity index (χ1) is 21.3. The number of hydrogen-bond donors (Lipinski definition) is 0. The number of nitrogens with zero attached hydrogens (tertiary/aromatic N) is 2. The van der Waals surface area contributed by atoms with Crippen molar-refractivity contribution in [2.45, 2.75) is 42.7 Å². The number of carbonyl (C=O) groups excluding carboxylic acids is 1. The predicted molar refractivity (Wildman–Crippen MR) is 179 cm³/mol. The van der Waals surface area contributed by atoms with E-state index in [1.807, 2.05) is 91.0 Å². The second-order valence-electron chi connectivity index (χ2n) is 10.5. The zero-order valence-electron chi connectivity index (χ0n) is 24.3. The van der Waals surface area contributed by atoms with Crippen molar-refractivity contribution >= 4 is 56.8 Å². The first-order valence-corrected chi connectivity index (χ1v) is 16.7. The molecule has 0 fully saturated rings. The van der Waals surface area contributed by atoms with Crippen LogP contribution in [0.5, 0.6) is 0 Å². The van der Waals surface area contributed by atoms with E-state index < -0.39 is 12.0 Å². The number of hydrogen-bond acceptors (Lipinski definition) is 7. The van der Waals surface area contributed by atoms with Crippen LogP contribution in [0.2, 0.25) is 0 Å². The molecule has 6 rings (SSSR count). The number of ether oxygens (including phenoxy) is 1. The molecule has 0 saturated carbocycles. The second-order valence-corrected chi connectivity index (χ2v) is 13.4. The number of thiazole rings is 1. The lowest BCUT2D eigenvalue weighted by Gasteiger charge is -2.26. The quantitative estimate of drug-likeness (QED) is 0.158. The van der Waals surface area contributed by atoms with Gasteiger partial charge in [0, 0.05) is 16.5 Å². The third kappa shape index (κ3) is 6.04. The molecule has 222 valence electrons. The van der Waals surface area contributed by atoms with Crippen LogP contribution in [-0.4, -0.2) is 17.1 Å². The van der Waals surface area contributed by atoms with Crippen molar-refractivity contribution < 1.29 is 13.9 Å². The largest absolute Gasteiger partial charge is 0.463 e.